The second-order valence-electron chi connectivity index (χ2n) is 10.6. The first-order valence-corrected chi connectivity index (χ1v) is 11.6. The average Bonchev–Trinajstić information content (AvgIpc) is 2.75. The van der Waals surface area contributed by atoms with Gasteiger partial charge in [0, 0.05) is 28.3 Å². The zero-order valence-electron chi connectivity index (χ0n) is 21.2. The van der Waals surface area contributed by atoms with Gasteiger partial charge in [0.2, 0.25) is 5.91 Å². The molecule has 1 atom stereocenters. The molecule has 0 aliphatic heterocycles. The van der Waals surface area contributed by atoms with E-state index < -0.39 is 23.2 Å². The van der Waals surface area contributed by atoms with E-state index in [-0.39, 0.29) is 5.91 Å². The Bertz CT molecular complexity index is 1180. The molecule has 3 rings (SSSR count). The molecule has 0 aliphatic rings. The first-order valence-electron chi connectivity index (χ1n) is 11.6. The van der Waals surface area contributed by atoms with Gasteiger partial charge >= 0.3 is 6.09 Å². The molecule has 2 amide bonds. The Morgan fingerprint density at radius 1 is 1.00 bits per heavy atom. The minimum atomic E-state index is -1.13. The van der Waals surface area contributed by atoms with Crippen molar-refractivity contribution in [3.05, 3.63) is 66.4 Å². The highest BCUT2D eigenvalue weighted by Gasteiger charge is 2.40. The van der Waals surface area contributed by atoms with Gasteiger partial charge in [-0.3, -0.25) is 4.79 Å². The zero-order valence-corrected chi connectivity index (χ0v) is 21.2. The molecule has 0 radical (unpaired) electrons. The van der Waals surface area contributed by atoms with Crippen LogP contribution in [0.15, 0.2) is 60.8 Å². The molecule has 0 fully saturated rings. The van der Waals surface area contributed by atoms with Gasteiger partial charge in [0.05, 0.1) is 6.04 Å². The van der Waals surface area contributed by atoms with E-state index in [1.807, 2.05) is 76.9 Å². The maximum absolute atomic E-state index is 12.7. The van der Waals surface area contributed by atoms with Crippen molar-refractivity contribution in [3.63, 3.8) is 0 Å². The summed E-state index contributed by atoms with van der Waals surface area (Å²) in [6, 6.07) is 16.0. The summed E-state index contributed by atoms with van der Waals surface area (Å²) in [7, 11) is 0. The van der Waals surface area contributed by atoms with Gasteiger partial charge < -0.3 is 16.2 Å². The first-order chi connectivity index (χ1) is 16.3. The molecule has 186 valence electrons. The van der Waals surface area contributed by atoms with Crippen LogP contribution in [0.25, 0.3) is 10.8 Å². The van der Waals surface area contributed by atoms with Gasteiger partial charge in [-0.1, -0.05) is 30.3 Å². The van der Waals surface area contributed by atoms with Crippen LogP contribution in [0.2, 0.25) is 0 Å². The first kappa shape index (κ1) is 26.1. The molecular weight excluding hydrogens is 442 g/mol. The third-order valence-electron chi connectivity index (χ3n) is 5.50. The molecule has 1 heterocycles. The second-order valence-corrected chi connectivity index (χ2v) is 10.6. The van der Waals surface area contributed by atoms with Crippen LogP contribution in [-0.4, -0.2) is 44.2 Å². The minimum Gasteiger partial charge on any atom is -0.464 e. The lowest BCUT2D eigenvalue weighted by Crippen LogP contribution is -2.63. The molecule has 8 nitrogen and oxygen atoms in total. The molecule has 8 heteroatoms. The van der Waals surface area contributed by atoms with Gasteiger partial charge in [-0.2, -0.15) is 10.0 Å². The van der Waals surface area contributed by atoms with Crippen LogP contribution in [0.3, 0.4) is 0 Å². The topological polar surface area (TPSA) is 112 Å². The largest absolute Gasteiger partial charge is 0.464 e. The number of nitrogens with two attached hydrogens (primary N) is 1. The molecule has 35 heavy (non-hydrogen) atoms. The summed E-state index contributed by atoms with van der Waals surface area (Å²) < 4.78 is 0. The average molecular weight is 478 g/mol. The molecule has 0 saturated carbocycles. The molecular formula is C27H35N5O3. The van der Waals surface area contributed by atoms with Crippen LogP contribution in [0.4, 0.5) is 16.3 Å². The van der Waals surface area contributed by atoms with Gasteiger partial charge in [0.15, 0.2) is 5.82 Å². The third-order valence-corrected chi connectivity index (χ3v) is 5.50. The smallest absolute Gasteiger partial charge is 0.428 e. The normalized spacial score (nSPS) is 13.0. The van der Waals surface area contributed by atoms with Crippen LogP contribution < -0.4 is 16.1 Å². The van der Waals surface area contributed by atoms with Crippen LogP contribution in [-0.2, 0) is 11.2 Å². The van der Waals surface area contributed by atoms with Gasteiger partial charge in [0.25, 0.3) is 0 Å². The number of fused-ring (bicyclic) bond motifs is 1. The fourth-order valence-corrected chi connectivity index (χ4v) is 4.48. The minimum absolute atomic E-state index is 0.290. The number of amides is 2. The molecule has 0 unspecified atom stereocenters. The number of rotatable bonds is 6. The van der Waals surface area contributed by atoms with Crippen molar-refractivity contribution in [2.45, 2.75) is 65.1 Å². The summed E-state index contributed by atoms with van der Waals surface area (Å²) in [4.78, 5) is 29.6. The predicted octanol–water partition coefficient (Wildman–Crippen LogP) is 5.04. The van der Waals surface area contributed by atoms with Crippen molar-refractivity contribution >= 4 is 34.3 Å². The Hall–Kier alpha value is -3.49. The number of hydrogen-bond donors (Lipinski definition) is 3. The lowest BCUT2D eigenvalue weighted by molar-refractivity contribution is -0.117. The zero-order chi connectivity index (χ0) is 26.0. The standard InChI is InChI=1S/C27H35N5O3/c1-26(2,3)32(27(4,5)6)31(25(34)35)23-21-13-12-20(17-19(21)14-15-29-23)30-24(33)22(28)16-18-10-8-7-9-11-18/h7-15,17,22H,16,28H2,1-6H3,(H,30,33)(H,34,35)/t22-/m0/s1. The second kappa shape index (κ2) is 10.0. The van der Waals surface area contributed by atoms with Crippen molar-refractivity contribution < 1.29 is 14.7 Å². The lowest BCUT2D eigenvalue weighted by atomic mass is 9.98. The Labute approximate surface area is 206 Å². The number of nitrogens with one attached hydrogen (secondary N) is 1. The van der Waals surface area contributed by atoms with E-state index in [4.69, 9.17) is 5.73 Å². The number of aromatic nitrogens is 1. The molecule has 3 aromatic rings. The summed E-state index contributed by atoms with van der Waals surface area (Å²) in [6.45, 7) is 11.8. The Morgan fingerprint density at radius 3 is 2.20 bits per heavy atom. The Morgan fingerprint density at radius 2 is 1.63 bits per heavy atom. The van der Waals surface area contributed by atoms with E-state index in [2.05, 4.69) is 10.3 Å². The van der Waals surface area contributed by atoms with E-state index in [0.717, 1.165) is 10.9 Å². The van der Waals surface area contributed by atoms with Gasteiger partial charge in [0.1, 0.15) is 0 Å². The number of carbonyl (C=O) groups excluding carboxylic acids is 1. The number of carboxylic acid groups (broad SMARTS) is 1. The maximum Gasteiger partial charge on any atom is 0.428 e. The van der Waals surface area contributed by atoms with E-state index >= 15 is 0 Å². The predicted molar refractivity (Wildman–Crippen MR) is 140 cm³/mol. The van der Waals surface area contributed by atoms with Crippen molar-refractivity contribution in [2.75, 3.05) is 10.3 Å². The Kier molecular flexibility index (Phi) is 7.47. The Balaban J connectivity index is 1.93. The van der Waals surface area contributed by atoms with Crippen LogP contribution in [0.1, 0.15) is 47.1 Å². The van der Waals surface area contributed by atoms with Crippen molar-refractivity contribution in [1.82, 2.24) is 9.99 Å². The summed E-state index contributed by atoms with van der Waals surface area (Å²) in [5.74, 6) is 0.0137. The molecule has 4 N–H and O–H groups in total. The summed E-state index contributed by atoms with van der Waals surface area (Å²) >= 11 is 0. The number of pyridine rings is 1. The number of carbonyl (C=O) groups is 2. The van der Waals surface area contributed by atoms with Gasteiger partial charge in [-0.25, -0.2) is 9.78 Å². The number of hydrogen-bond acceptors (Lipinski definition) is 5. The number of nitrogens with zero attached hydrogens (tertiary/aromatic N) is 3. The van der Waals surface area contributed by atoms with E-state index in [1.165, 1.54) is 5.01 Å². The summed E-state index contributed by atoms with van der Waals surface area (Å²) in [6.07, 6.45) is 0.875. The molecule has 0 spiro atoms. The molecule has 2 aromatic carbocycles. The molecule has 0 aliphatic carbocycles. The van der Waals surface area contributed by atoms with Crippen molar-refractivity contribution in [2.24, 2.45) is 5.73 Å². The number of anilines is 2. The van der Waals surface area contributed by atoms with Crippen molar-refractivity contribution in [3.8, 4) is 0 Å². The number of benzene rings is 2. The van der Waals surface area contributed by atoms with Crippen molar-refractivity contribution in [1.29, 1.82) is 0 Å². The highest BCUT2D eigenvalue weighted by molar-refractivity contribution is 6.02. The van der Waals surface area contributed by atoms with Gasteiger partial charge in [-0.15, -0.1) is 0 Å². The summed E-state index contributed by atoms with van der Waals surface area (Å²) in [5, 5.41) is 17.5. The van der Waals surface area contributed by atoms with Crippen LogP contribution in [0.5, 0.6) is 0 Å². The van der Waals surface area contributed by atoms with Gasteiger partial charge in [-0.05, 0) is 83.2 Å². The van der Waals surface area contributed by atoms with Crippen LogP contribution >= 0.6 is 0 Å². The highest BCUT2D eigenvalue weighted by atomic mass is 16.4. The molecule has 0 bridgehead atoms. The lowest BCUT2D eigenvalue weighted by Gasteiger charge is -2.49. The number of hydrazine groups is 1. The third kappa shape index (κ3) is 6.15. The quantitative estimate of drug-likeness (QED) is 0.429. The monoisotopic (exact) mass is 477 g/mol. The van der Waals surface area contributed by atoms with E-state index in [1.54, 1.807) is 30.5 Å². The fourth-order valence-electron chi connectivity index (χ4n) is 4.48. The maximum atomic E-state index is 12.7. The van der Waals surface area contributed by atoms with E-state index in [9.17, 15) is 14.7 Å². The van der Waals surface area contributed by atoms with E-state index in [0.29, 0.717) is 23.3 Å². The highest BCUT2D eigenvalue weighted by Crippen LogP contribution is 2.34. The van der Waals surface area contributed by atoms with Crippen LogP contribution in [0, 0.1) is 0 Å². The molecule has 0 saturated heterocycles. The fraction of sp³-hybridized carbons (Fsp3) is 0.370. The molecule has 1 aromatic heterocycles. The summed E-state index contributed by atoms with van der Waals surface area (Å²) in [5.41, 5.74) is 6.69. The SMILES string of the molecule is CC(C)(C)N(N(C(=O)O)c1nccc2cc(NC(=O)[C@@H](N)Cc3ccccc3)ccc12)C(C)(C)C.